The molecule has 4 nitrogen and oxygen atoms in total. The average molecular weight is 511 g/mol. The molecule has 0 radical (unpaired) electrons. The van der Waals surface area contributed by atoms with Crippen molar-refractivity contribution in [2.45, 2.75) is 45.1 Å². The molecule has 0 aromatic heterocycles. The fraction of sp³-hybridized carbons (Fsp3) is 0.303. The maximum absolute atomic E-state index is 13.9. The second-order valence-corrected chi connectivity index (χ2v) is 10.3. The molecule has 1 aliphatic heterocycles. The van der Waals surface area contributed by atoms with Crippen LogP contribution < -0.4 is 10.2 Å². The summed E-state index contributed by atoms with van der Waals surface area (Å²) in [5.74, 6) is 1.22. The number of carbonyl (C=O) groups excluding carboxylic acids is 1. The van der Waals surface area contributed by atoms with Crippen LogP contribution in [0.15, 0.2) is 84.9 Å². The van der Waals surface area contributed by atoms with Gasteiger partial charge < -0.3 is 4.74 Å². The summed E-state index contributed by atoms with van der Waals surface area (Å²) < 4.78 is 19.3. The van der Waals surface area contributed by atoms with Crippen molar-refractivity contribution in [3.63, 3.8) is 0 Å². The maximum Gasteiger partial charge on any atom is 0.154 e. The van der Waals surface area contributed by atoms with E-state index in [-0.39, 0.29) is 17.6 Å². The second kappa shape index (κ2) is 11.8. The lowest BCUT2D eigenvalue weighted by Crippen LogP contribution is -2.37. The van der Waals surface area contributed by atoms with Gasteiger partial charge in [-0.3, -0.25) is 9.80 Å². The Hall–Kier alpha value is -3.70. The molecule has 5 rings (SSSR count). The van der Waals surface area contributed by atoms with E-state index in [4.69, 9.17) is 4.74 Å². The Labute approximate surface area is 224 Å². The molecule has 3 aromatic carbocycles. The van der Waals surface area contributed by atoms with E-state index in [0.29, 0.717) is 24.4 Å². The van der Waals surface area contributed by atoms with Crippen LogP contribution in [0.2, 0.25) is 0 Å². The lowest BCUT2D eigenvalue weighted by molar-refractivity contribution is -0.120. The molecule has 0 fully saturated rings. The number of Topliss-reactive ketones (excluding diaryl/α,β-unsaturated/α-hetero) is 1. The highest BCUT2D eigenvalue weighted by molar-refractivity contribution is 5.83. The number of halogens is 1. The van der Waals surface area contributed by atoms with E-state index in [1.165, 1.54) is 17.2 Å². The molecular weight excluding hydrogens is 475 g/mol. The number of hydrazine groups is 1. The molecule has 2 aliphatic rings. The van der Waals surface area contributed by atoms with Gasteiger partial charge in [-0.1, -0.05) is 60.7 Å². The number of benzene rings is 3. The highest BCUT2D eigenvalue weighted by atomic mass is 19.1. The summed E-state index contributed by atoms with van der Waals surface area (Å²) >= 11 is 0. The second-order valence-electron chi connectivity index (χ2n) is 10.3. The van der Waals surface area contributed by atoms with Crippen LogP contribution in [0, 0.1) is 18.7 Å². The van der Waals surface area contributed by atoms with Crippen molar-refractivity contribution in [1.82, 2.24) is 10.4 Å². The Balaban J connectivity index is 1.27. The molecule has 0 saturated carbocycles. The van der Waals surface area contributed by atoms with Gasteiger partial charge in [0.15, 0.2) is 5.78 Å². The minimum absolute atomic E-state index is 0.122. The van der Waals surface area contributed by atoms with Crippen molar-refractivity contribution in [3.8, 4) is 5.75 Å². The zero-order chi connectivity index (χ0) is 26.5. The minimum Gasteiger partial charge on any atom is -0.497 e. The number of methoxy groups -OCH3 is 1. The quantitative estimate of drug-likeness (QED) is 0.346. The highest BCUT2D eigenvalue weighted by Crippen LogP contribution is 2.34. The van der Waals surface area contributed by atoms with Gasteiger partial charge >= 0.3 is 0 Å². The third kappa shape index (κ3) is 6.05. The maximum atomic E-state index is 13.9. The average Bonchev–Trinajstić information content (AvgIpc) is 3.21. The predicted molar refractivity (Wildman–Crippen MR) is 151 cm³/mol. The van der Waals surface area contributed by atoms with Crippen LogP contribution in [0.5, 0.6) is 5.75 Å². The summed E-state index contributed by atoms with van der Waals surface area (Å²) in [4.78, 5) is 13.3. The number of rotatable bonds is 8. The zero-order valence-electron chi connectivity index (χ0n) is 22.1. The molecule has 1 aliphatic carbocycles. The molecule has 3 aromatic rings. The van der Waals surface area contributed by atoms with Crippen LogP contribution in [-0.4, -0.2) is 24.4 Å². The van der Waals surface area contributed by atoms with Gasteiger partial charge in [0.2, 0.25) is 0 Å². The van der Waals surface area contributed by atoms with E-state index in [0.717, 1.165) is 48.3 Å². The largest absolute Gasteiger partial charge is 0.497 e. The topological polar surface area (TPSA) is 41.6 Å². The van der Waals surface area contributed by atoms with E-state index in [1.807, 2.05) is 47.5 Å². The molecule has 2 unspecified atom stereocenters. The van der Waals surface area contributed by atoms with Crippen molar-refractivity contribution in [3.05, 3.63) is 113 Å². The van der Waals surface area contributed by atoms with Crippen molar-refractivity contribution in [2.75, 3.05) is 13.7 Å². The molecular formula is C33H35FN2O2. The number of hydrogen-bond acceptors (Lipinski definition) is 4. The van der Waals surface area contributed by atoms with Gasteiger partial charge in [0.25, 0.3) is 0 Å². The number of hydrogen-bond donors (Lipinski definition) is 1. The Morgan fingerprint density at radius 3 is 2.66 bits per heavy atom. The van der Waals surface area contributed by atoms with E-state index in [9.17, 15) is 9.18 Å². The minimum atomic E-state index is -0.210. The van der Waals surface area contributed by atoms with E-state index < -0.39 is 0 Å². The van der Waals surface area contributed by atoms with E-state index in [2.05, 4.69) is 41.8 Å². The number of nitrogens with one attached hydrogen (secondary N) is 1. The first-order chi connectivity index (χ1) is 18.5. The zero-order valence-corrected chi connectivity index (χ0v) is 22.1. The van der Waals surface area contributed by atoms with Gasteiger partial charge in [0, 0.05) is 6.42 Å². The first-order valence-electron chi connectivity index (χ1n) is 13.4. The lowest BCUT2D eigenvalue weighted by atomic mass is 9.94. The third-order valence-corrected chi connectivity index (χ3v) is 7.57. The first-order valence-corrected chi connectivity index (χ1v) is 13.4. The van der Waals surface area contributed by atoms with Gasteiger partial charge in [0.05, 0.1) is 25.4 Å². The van der Waals surface area contributed by atoms with Crippen LogP contribution in [0.25, 0.3) is 11.3 Å². The summed E-state index contributed by atoms with van der Waals surface area (Å²) in [6.07, 6.45) is 9.05. The SMILES string of the molecule is COc1cccc(C2=CCC(CC(=O)CN3NC(c4ccc(F)c(C)c4)C=C3c3ccccc3)CCC2)c1. The normalized spacial score (nSPS) is 19.5. The molecule has 0 saturated heterocycles. The summed E-state index contributed by atoms with van der Waals surface area (Å²) in [5.41, 5.74) is 9.66. The number of ether oxygens (including phenoxy) is 1. The summed E-state index contributed by atoms with van der Waals surface area (Å²) in [7, 11) is 1.69. The Morgan fingerprint density at radius 1 is 1.05 bits per heavy atom. The number of nitrogens with zero attached hydrogens (tertiary/aromatic N) is 1. The van der Waals surface area contributed by atoms with E-state index >= 15 is 0 Å². The first kappa shape index (κ1) is 25.9. The molecule has 2 atom stereocenters. The standard InChI is InChI=1S/C33H35FN2O2/c1-23-18-28(16-17-31(23)34)32-21-33(26-9-4-3-5-10-26)36(35-32)22-29(37)19-24-8-6-11-25(15-14-24)27-12-7-13-30(20-27)38-2/h3-5,7,9-10,12-13,15-18,20-21,24,32,35H,6,8,11,14,19,22H2,1-2H3. The van der Waals surface area contributed by atoms with Crippen molar-refractivity contribution >= 4 is 17.1 Å². The van der Waals surface area contributed by atoms with Gasteiger partial charge in [-0.05, 0) is 90.6 Å². The number of ketones is 1. The van der Waals surface area contributed by atoms with Crippen molar-refractivity contribution in [1.29, 1.82) is 0 Å². The van der Waals surface area contributed by atoms with Gasteiger partial charge in [-0.25, -0.2) is 9.82 Å². The van der Waals surface area contributed by atoms with Crippen LogP contribution in [-0.2, 0) is 4.79 Å². The van der Waals surface area contributed by atoms with Gasteiger partial charge in [-0.2, -0.15) is 0 Å². The summed E-state index contributed by atoms with van der Waals surface area (Å²) in [5, 5.41) is 1.97. The number of aryl methyl sites for hydroxylation is 1. The Morgan fingerprint density at radius 2 is 1.87 bits per heavy atom. The summed E-state index contributed by atoms with van der Waals surface area (Å²) in [6, 6.07) is 23.4. The fourth-order valence-electron chi connectivity index (χ4n) is 5.49. The Bertz CT molecular complexity index is 1350. The van der Waals surface area contributed by atoms with Crippen molar-refractivity contribution < 1.29 is 13.9 Å². The molecule has 1 N–H and O–H groups in total. The predicted octanol–water partition coefficient (Wildman–Crippen LogP) is 7.28. The number of allylic oxidation sites excluding steroid dienone is 2. The third-order valence-electron chi connectivity index (χ3n) is 7.57. The fourth-order valence-corrected chi connectivity index (χ4v) is 5.49. The highest BCUT2D eigenvalue weighted by Gasteiger charge is 2.28. The Kier molecular flexibility index (Phi) is 8.04. The number of carbonyl (C=O) groups is 1. The van der Waals surface area contributed by atoms with Crippen molar-refractivity contribution in [2.24, 2.45) is 5.92 Å². The van der Waals surface area contributed by atoms with Crippen LogP contribution >= 0.6 is 0 Å². The molecule has 38 heavy (non-hydrogen) atoms. The molecule has 0 amide bonds. The van der Waals surface area contributed by atoms with Gasteiger partial charge in [-0.15, -0.1) is 0 Å². The monoisotopic (exact) mass is 510 g/mol. The lowest BCUT2D eigenvalue weighted by Gasteiger charge is -2.25. The van der Waals surface area contributed by atoms with Crippen LogP contribution in [0.3, 0.4) is 0 Å². The van der Waals surface area contributed by atoms with Crippen LogP contribution in [0.1, 0.15) is 60.4 Å². The van der Waals surface area contributed by atoms with E-state index in [1.54, 1.807) is 14.0 Å². The summed E-state index contributed by atoms with van der Waals surface area (Å²) in [6.45, 7) is 2.07. The molecule has 196 valence electrons. The smallest absolute Gasteiger partial charge is 0.154 e. The van der Waals surface area contributed by atoms with Gasteiger partial charge in [0.1, 0.15) is 11.6 Å². The van der Waals surface area contributed by atoms with Crippen LogP contribution in [0.4, 0.5) is 4.39 Å². The molecule has 0 spiro atoms. The molecule has 1 heterocycles. The molecule has 0 bridgehead atoms. The molecule has 5 heteroatoms.